The number of amides is 1. The topological polar surface area (TPSA) is 58.0 Å². The number of benzene rings is 2. The lowest BCUT2D eigenvalue weighted by molar-refractivity contribution is 0.0926. The second-order valence-corrected chi connectivity index (χ2v) is 7.26. The number of rotatable bonds is 7. The molecule has 0 spiro atoms. The summed E-state index contributed by atoms with van der Waals surface area (Å²) in [6, 6.07) is 17.6. The average molecular weight is 393 g/mol. The molecule has 29 heavy (non-hydrogen) atoms. The number of piperazine rings is 1. The lowest BCUT2D eigenvalue weighted by atomic mass is 10.2. The standard InChI is InChI=1S/C23H27N3O3/c1-28-21-10-5-3-8-19(21)26-15-13-25(14-16-26)12-6-11-24-23(27)22-17-18-7-2-4-9-20(18)29-22/h2-5,7-10,17H,6,11-16H2,1H3,(H,24,27). The lowest BCUT2D eigenvalue weighted by Crippen LogP contribution is -2.47. The van der Waals surface area contributed by atoms with Crippen molar-refractivity contribution in [3.63, 3.8) is 0 Å². The highest BCUT2D eigenvalue weighted by Crippen LogP contribution is 2.28. The number of carbonyl (C=O) groups excluding carboxylic acids is 1. The first-order valence-corrected chi connectivity index (χ1v) is 10.1. The van der Waals surface area contributed by atoms with Gasteiger partial charge in [0, 0.05) is 38.1 Å². The minimum Gasteiger partial charge on any atom is -0.495 e. The van der Waals surface area contributed by atoms with E-state index in [-0.39, 0.29) is 5.91 Å². The second-order valence-electron chi connectivity index (χ2n) is 7.26. The molecule has 0 saturated carbocycles. The van der Waals surface area contributed by atoms with Crippen molar-refractivity contribution in [3.8, 4) is 5.75 Å². The molecule has 4 rings (SSSR count). The van der Waals surface area contributed by atoms with Gasteiger partial charge in [0.05, 0.1) is 12.8 Å². The summed E-state index contributed by atoms with van der Waals surface area (Å²) in [5, 5.41) is 3.91. The highest BCUT2D eigenvalue weighted by atomic mass is 16.5. The fraction of sp³-hybridized carbons (Fsp3) is 0.348. The van der Waals surface area contributed by atoms with Gasteiger partial charge < -0.3 is 19.4 Å². The van der Waals surface area contributed by atoms with E-state index in [2.05, 4.69) is 27.2 Å². The normalized spacial score (nSPS) is 14.9. The van der Waals surface area contributed by atoms with Crippen LogP contribution in [0.4, 0.5) is 5.69 Å². The monoisotopic (exact) mass is 393 g/mol. The molecular weight excluding hydrogens is 366 g/mol. The molecule has 0 bridgehead atoms. The number of fused-ring (bicyclic) bond motifs is 1. The first-order chi connectivity index (χ1) is 14.2. The zero-order chi connectivity index (χ0) is 20.1. The van der Waals surface area contributed by atoms with Crippen LogP contribution in [0, 0.1) is 0 Å². The molecule has 0 atom stereocenters. The summed E-state index contributed by atoms with van der Waals surface area (Å²) in [6.07, 6.45) is 0.917. The Morgan fingerprint density at radius 2 is 1.83 bits per heavy atom. The predicted molar refractivity (Wildman–Crippen MR) is 115 cm³/mol. The number of nitrogens with zero attached hydrogens (tertiary/aromatic N) is 2. The third-order valence-electron chi connectivity index (χ3n) is 5.38. The van der Waals surface area contributed by atoms with Gasteiger partial charge in [0.25, 0.3) is 5.91 Å². The van der Waals surface area contributed by atoms with Gasteiger partial charge in [-0.25, -0.2) is 0 Å². The highest BCUT2D eigenvalue weighted by Gasteiger charge is 2.19. The third kappa shape index (κ3) is 4.54. The van der Waals surface area contributed by atoms with Gasteiger partial charge in [-0.2, -0.15) is 0 Å². The van der Waals surface area contributed by atoms with E-state index in [1.807, 2.05) is 36.4 Å². The van der Waals surface area contributed by atoms with Gasteiger partial charge in [-0.3, -0.25) is 9.69 Å². The smallest absolute Gasteiger partial charge is 0.287 e. The van der Waals surface area contributed by atoms with Crippen molar-refractivity contribution >= 4 is 22.6 Å². The van der Waals surface area contributed by atoms with E-state index in [4.69, 9.17) is 9.15 Å². The summed E-state index contributed by atoms with van der Waals surface area (Å²) in [4.78, 5) is 17.1. The molecule has 1 aliphatic rings. The van der Waals surface area contributed by atoms with Crippen molar-refractivity contribution in [1.29, 1.82) is 0 Å². The van der Waals surface area contributed by atoms with Crippen LogP contribution in [0.15, 0.2) is 59.0 Å². The SMILES string of the molecule is COc1ccccc1N1CCN(CCCNC(=O)c2cc3ccccc3o2)CC1. The molecule has 0 radical (unpaired) electrons. The maximum absolute atomic E-state index is 12.3. The van der Waals surface area contributed by atoms with E-state index in [9.17, 15) is 4.79 Å². The zero-order valence-electron chi connectivity index (χ0n) is 16.8. The molecule has 1 saturated heterocycles. The van der Waals surface area contributed by atoms with Crippen molar-refractivity contribution in [1.82, 2.24) is 10.2 Å². The lowest BCUT2D eigenvalue weighted by Gasteiger charge is -2.36. The number of hydrogen-bond acceptors (Lipinski definition) is 5. The molecule has 3 aromatic rings. The first-order valence-electron chi connectivity index (χ1n) is 10.1. The molecule has 1 fully saturated rings. The van der Waals surface area contributed by atoms with Gasteiger partial charge in [-0.05, 0) is 37.2 Å². The van der Waals surface area contributed by atoms with Crippen LogP contribution in [-0.4, -0.2) is 57.2 Å². The van der Waals surface area contributed by atoms with Crippen LogP contribution >= 0.6 is 0 Å². The maximum Gasteiger partial charge on any atom is 0.287 e. The summed E-state index contributed by atoms with van der Waals surface area (Å²) in [5.74, 6) is 1.15. The summed E-state index contributed by atoms with van der Waals surface area (Å²) < 4.78 is 11.1. The fourth-order valence-electron chi connectivity index (χ4n) is 3.79. The number of hydrogen-bond donors (Lipinski definition) is 1. The molecule has 6 nitrogen and oxygen atoms in total. The molecule has 1 amide bonds. The molecule has 0 aliphatic carbocycles. The van der Waals surface area contributed by atoms with E-state index in [1.54, 1.807) is 13.2 Å². The van der Waals surface area contributed by atoms with Crippen molar-refractivity contribution in [2.75, 3.05) is 51.3 Å². The number of ether oxygens (including phenoxy) is 1. The fourth-order valence-corrected chi connectivity index (χ4v) is 3.79. The molecular formula is C23H27N3O3. The summed E-state index contributed by atoms with van der Waals surface area (Å²) >= 11 is 0. The molecule has 1 aliphatic heterocycles. The van der Waals surface area contributed by atoms with E-state index < -0.39 is 0 Å². The van der Waals surface area contributed by atoms with Gasteiger partial charge in [-0.1, -0.05) is 30.3 Å². The summed E-state index contributed by atoms with van der Waals surface area (Å²) in [7, 11) is 1.72. The van der Waals surface area contributed by atoms with Crippen molar-refractivity contribution < 1.29 is 13.9 Å². The number of carbonyl (C=O) groups is 1. The van der Waals surface area contributed by atoms with E-state index in [0.717, 1.165) is 61.6 Å². The van der Waals surface area contributed by atoms with Crippen molar-refractivity contribution in [2.24, 2.45) is 0 Å². The molecule has 1 aromatic heterocycles. The van der Waals surface area contributed by atoms with Crippen LogP contribution in [0.3, 0.4) is 0 Å². The molecule has 2 aromatic carbocycles. The number of methoxy groups -OCH3 is 1. The van der Waals surface area contributed by atoms with Gasteiger partial charge in [0.2, 0.25) is 0 Å². The Morgan fingerprint density at radius 1 is 1.07 bits per heavy atom. The van der Waals surface area contributed by atoms with Gasteiger partial charge in [-0.15, -0.1) is 0 Å². The second kappa shape index (κ2) is 9.01. The zero-order valence-corrected chi connectivity index (χ0v) is 16.8. The Balaban J connectivity index is 1.19. The van der Waals surface area contributed by atoms with E-state index >= 15 is 0 Å². The molecule has 152 valence electrons. The summed E-state index contributed by atoms with van der Waals surface area (Å²) in [5.41, 5.74) is 1.90. The first kappa shape index (κ1) is 19.3. The minimum atomic E-state index is -0.151. The van der Waals surface area contributed by atoms with Crippen LogP contribution < -0.4 is 15.0 Å². The molecule has 6 heteroatoms. The molecule has 1 N–H and O–H groups in total. The molecule has 0 unspecified atom stereocenters. The van der Waals surface area contributed by atoms with Gasteiger partial charge in [0.1, 0.15) is 11.3 Å². The Hall–Kier alpha value is -2.99. The summed E-state index contributed by atoms with van der Waals surface area (Å²) in [6.45, 7) is 5.59. The largest absolute Gasteiger partial charge is 0.495 e. The minimum absolute atomic E-state index is 0.151. The maximum atomic E-state index is 12.3. The van der Waals surface area contributed by atoms with E-state index in [0.29, 0.717) is 12.3 Å². The third-order valence-corrected chi connectivity index (χ3v) is 5.38. The van der Waals surface area contributed by atoms with E-state index in [1.165, 1.54) is 0 Å². The van der Waals surface area contributed by atoms with Crippen molar-refractivity contribution in [3.05, 3.63) is 60.4 Å². The highest BCUT2D eigenvalue weighted by molar-refractivity contribution is 5.96. The Labute approximate surface area is 171 Å². The van der Waals surface area contributed by atoms with Crippen LogP contribution in [0.1, 0.15) is 17.0 Å². The Kier molecular flexibility index (Phi) is 6.00. The van der Waals surface area contributed by atoms with Gasteiger partial charge >= 0.3 is 0 Å². The predicted octanol–water partition coefficient (Wildman–Crippen LogP) is 3.38. The Morgan fingerprint density at radius 3 is 2.62 bits per heavy atom. The van der Waals surface area contributed by atoms with Crippen molar-refractivity contribution in [2.45, 2.75) is 6.42 Å². The van der Waals surface area contributed by atoms with Crippen LogP contribution in [0.5, 0.6) is 5.75 Å². The number of nitrogens with one attached hydrogen (secondary N) is 1. The van der Waals surface area contributed by atoms with Gasteiger partial charge in [0.15, 0.2) is 5.76 Å². The van der Waals surface area contributed by atoms with Crippen LogP contribution in [0.2, 0.25) is 0 Å². The molecule has 2 heterocycles. The van der Waals surface area contributed by atoms with Crippen LogP contribution in [0.25, 0.3) is 11.0 Å². The number of anilines is 1. The number of para-hydroxylation sites is 3. The Bertz CT molecular complexity index is 928. The average Bonchev–Trinajstić information content (AvgIpc) is 3.21. The van der Waals surface area contributed by atoms with Crippen LogP contribution in [-0.2, 0) is 0 Å². The number of furan rings is 1. The quantitative estimate of drug-likeness (QED) is 0.624.